The van der Waals surface area contributed by atoms with E-state index in [1.165, 1.54) is 24.3 Å². The predicted octanol–water partition coefficient (Wildman–Crippen LogP) is 1.69. The van der Waals surface area contributed by atoms with Gasteiger partial charge in [-0.1, -0.05) is 6.07 Å². The van der Waals surface area contributed by atoms with Gasteiger partial charge in [-0.2, -0.15) is 8.78 Å². The van der Waals surface area contributed by atoms with E-state index in [4.69, 9.17) is 0 Å². The SMILES string of the molecule is O=C1CCC(NC(=O)c2cccc(OC(F)F)c2)CCN1. The Bertz CT molecular complexity index is 523. The van der Waals surface area contributed by atoms with Gasteiger partial charge in [0.1, 0.15) is 5.75 Å². The van der Waals surface area contributed by atoms with Crippen molar-refractivity contribution in [3.63, 3.8) is 0 Å². The number of hydrogen-bond acceptors (Lipinski definition) is 3. The smallest absolute Gasteiger partial charge is 0.387 e. The number of hydrogen-bond donors (Lipinski definition) is 2. The van der Waals surface area contributed by atoms with Crippen molar-refractivity contribution >= 4 is 11.8 Å². The number of carbonyl (C=O) groups is 2. The van der Waals surface area contributed by atoms with Crippen molar-refractivity contribution in [2.45, 2.75) is 31.9 Å². The van der Waals surface area contributed by atoms with Crippen LogP contribution in [0.4, 0.5) is 8.78 Å². The highest BCUT2D eigenvalue weighted by Gasteiger charge is 2.18. The van der Waals surface area contributed by atoms with Crippen LogP contribution in [-0.2, 0) is 4.79 Å². The highest BCUT2D eigenvalue weighted by molar-refractivity contribution is 5.94. The Labute approximate surface area is 120 Å². The molecule has 114 valence electrons. The average Bonchev–Trinajstić information content (AvgIpc) is 2.63. The molecular weight excluding hydrogens is 282 g/mol. The van der Waals surface area contributed by atoms with Crippen LogP contribution >= 0.6 is 0 Å². The third kappa shape index (κ3) is 4.70. The molecule has 1 aromatic carbocycles. The summed E-state index contributed by atoms with van der Waals surface area (Å²) in [6, 6.07) is 5.51. The molecular formula is C14H16F2N2O3. The molecule has 5 nitrogen and oxygen atoms in total. The topological polar surface area (TPSA) is 67.4 Å². The lowest BCUT2D eigenvalue weighted by molar-refractivity contribution is -0.120. The zero-order valence-electron chi connectivity index (χ0n) is 11.3. The molecule has 2 amide bonds. The lowest BCUT2D eigenvalue weighted by Crippen LogP contribution is -2.35. The molecule has 2 rings (SSSR count). The summed E-state index contributed by atoms with van der Waals surface area (Å²) in [6.45, 7) is -2.42. The molecule has 0 radical (unpaired) electrons. The zero-order valence-corrected chi connectivity index (χ0v) is 11.3. The van der Waals surface area contributed by atoms with Gasteiger partial charge in [0, 0.05) is 24.6 Å². The summed E-state index contributed by atoms with van der Waals surface area (Å²) < 4.78 is 28.6. The van der Waals surface area contributed by atoms with Crippen LogP contribution in [0.25, 0.3) is 0 Å². The molecule has 1 aliphatic rings. The quantitative estimate of drug-likeness (QED) is 0.889. The second-order valence-corrected chi connectivity index (χ2v) is 4.75. The molecule has 1 heterocycles. The van der Waals surface area contributed by atoms with Gasteiger partial charge in [-0.05, 0) is 31.0 Å². The maximum Gasteiger partial charge on any atom is 0.387 e. The molecule has 21 heavy (non-hydrogen) atoms. The van der Waals surface area contributed by atoms with Crippen LogP contribution < -0.4 is 15.4 Å². The summed E-state index contributed by atoms with van der Waals surface area (Å²) in [5.41, 5.74) is 0.247. The second-order valence-electron chi connectivity index (χ2n) is 4.75. The predicted molar refractivity (Wildman–Crippen MR) is 71.2 cm³/mol. The third-order valence-electron chi connectivity index (χ3n) is 3.19. The van der Waals surface area contributed by atoms with Crippen molar-refractivity contribution in [1.29, 1.82) is 0 Å². The number of alkyl halides is 2. The Hall–Kier alpha value is -2.18. The van der Waals surface area contributed by atoms with E-state index in [1.807, 2.05) is 0 Å². The summed E-state index contributed by atoms with van der Waals surface area (Å²) in [7, 11) is 0. The lowest BCUT2D eigenvalue weighted by Gasteiger charge is -2.15. The molecule has 0 bridgehead atoms. The van der Waals surface area contributed by atoms with E-state index < -0.39 is 6.61 Å². The van der Waals surface area contributed by atoms with Gasteiger partial charge in [-0.15, -0.1) is 0 Å². The van der Waals surface area contributed by atoms with E-state index in [9.17, 15) is 18.4 Å². The first-order valence-electron chi connectivity index (χ1n) is 6.67. The molecule has 0 spiro atoms. The number of benzene rings is 1. The molecule has 1 atom stereocenters. The van der Waals surface area contributed by atoms with Gasteiger partial charge >= 0.3 is 6.61 Å². The summed E-state index contributed by atoms with van der Waals surface area (Å²) in [5.74, 6) is -0.455. The standard InChI is InChI=1S/C14H16F2N2O3/c15-14(16)21-11-3-1-2-9(8-11)13(20)18-10-4-5-12(19)17-7-6-10/h1-3,8,10,14H,4-7H2,(H,17,19)(H,18,20). The van der Waals surface area contributed by atoms with Gasteiger partial charge in [-0.25, -0.2) is 0 Å². The number of carbonyl (C=O) groups excluding carboxylic acids is 2. The summed E-state index contributed by atoms with van der Waals surface area (Å²) in [4.78, 5) is 23.3. The van der Waals surface area contributed by atoms with Gasteiger partial charge in [0.2, 0.25) is 5.91 Å². The van der Waals surface area contributed by atoms with Crippen molar-refractivity contribution in [3.05, 3.63) is 29.8 Å². The molecule has 0 saturated carbocycles. The third-order valence-corrected chi connectivity index (χ3v) is 3.19. The lowest BCUT2D eigenvalue weighted by atomic mass is 10.1. The fourth-order valence-electron chi connectivity index (χ4n) is 2.15. The number of rotatable bonds is 4. The van der Waals surface area contributed by atoms with E-state index >= 15 is 0 Å². The minimum absolute atomic E-state index is 0.0286. The van der Waals surface area contributed by atoms with Crippen molar-refractivity contribution in [2.24, 2.45) is 0 Å². The first-order valence-corrected chi connectivity index (χ1v) is 6.67. The Balaban J connectivity index is 1.97. The molecule has 1 fully saturated rings. The average molecular weight is 298 g/mol. The number of amides is 2. The zero-order chi connectivity index (χ0) is 15.2. The summed E-state index contributed by atoms with van der Waals surface area (Å²) >= 11 is 0. The highest BCUT2D eigenvalue weighted by atomic mass is 19.3. The first kappa shape index (κ1) is 15.2. The molecule has 2 N–H and O–H groups in total. The van der Waals surface area contributed by atoms with Crippen LogP contribution in [-0.4, -0.2) is 31.0 Å². The molecule has 1 unspecified atom stereocenters. The normalized spacial score (nSPS) is 18.8. The van der Waals surface area contributed by atoms with Crippen LogP contribution in [0, 0.1) is 0 Å². The van der Waals surface area contributed by atoms with Gasteiger partial charge in [0.25, 0.3) is 5.91 Å². The maximum atomic E-state index is 12.1. The highest BCUT2D eigenvalue weighted by Crippen LogP contribution is 2.16. The summed E-state index contributed by atoms with van der Waals surface area (Å²) in [5, 5.41) is 5.53. The van der Waals surface area contributed by atoms with Crippen LogP contribution in [0.3, 0.4) is 0 Å². The Morgan fingerprint density at radius 1 is 1.38 bits per heavy atom. The van der Waals surface area contributed by atoms with E-state index in [1.54, 1.807) is 0 Å². The fourth-order valence-corrected chi connectivity index (χ4v) is 2.15. The van der Waals surface area contributed by atoms with E-state index in [-0.39, 0.29) is 29.2 Å². The van der Waals surface area contributed by atoms with E-state index in [0.717, 1.165) is 0 Å². The first-order chi connectivity index (χ1) is 10.0. The minimum atomic E-state index is -2.93. The number of halogens is 2. The van der Waals surface area contributed by atoms with Crippen molar-refractivity contribution < 1.29 is 23.1 Å². The second kappa shape index (κ2) is 7.01. The molecule has 1 aromatic rings. The number of ether oxygens (including phenoxy) is 1. The van der Waals surface area contributed by atoms with Crippen LogP contribution in [0.15, 0.2) is 24.3 Å². The van der Waals surface area contributed by atoms with Crippen molar-refractivity contribution in [2.75, 3.05) is 6.54 Å². The molecule has 7 heteroatoms. The molecule has 0 aromatic heterocycles. The Morgan fingerprint density at radius 2 is 2.19 bits per heavy atom. The van der Waals surface area contributed by atoms with Crippen LogP contribution in [0.2, 0.25) is 0 Å². The molecule has 1 aliphatic heterocycles. The monoisotopic (exact) mass is 298 g/mol. The van der Waals surface area contributed by atoms with Gasteiger partial charge in [0.15, 0.2) is 0 Å². The van der Waals surface area contributed by atoms with Crippen molar-refractivity contribution in [1.82, 2.24) is 10.6 Å². The van der Waals surface area contributed by atoms with Gasteiger partial charge in [-0.3, -0.25) is 9.59 Å². The largest absolute Gasteiger partial charge is 0.435 e. The Kier molecular flexibility index (Phi) is 5.08. The van der Waals surface area contributed by atoms with Gasteiger partial charge < -0.3 is 15.4 Å². The van der Waals surface area contributed by atoms with Gasteiger partial charge in [0.05, 0.1) is 0 Å². The van der Waals surface area contributed by atoms with Crippen molar-refractivity contribution in [3.8, 4) is 5.75 Å². The van der Waals surface area contributed by atoms with E-state index in [2.05, 4.69) is 15.4 Å². The summed E-state index contributed by atoms with van der Waals surface area (Å²) in [6.07, 6.45) is 1.56. The Morgan fingerprint density at radius 3 is 2.95 bits per heavy atom. The number of nitrogens with one attached hydrogen (secondary N) is 2. The minimum Gasteiger partial charge on any atom is -0.435 e. The fraction of sp³-hybridized carbons (Fsp3) is 0.429. The van der Waals surface area contributed by atoms with Crippen LogP contribution in [0.1, 0.15) is 29.6 Å². The molecule has 0 aliphatic carbocycles. The van der Waals surface area contributed by atoms with Crippen LogP contribution in [0.5, 0.6) is 5.75 Å². The van der Waals surface area contributed by atoms with E-state index in [0.29, 0.717) is 25.8 Å². The molecule has 1 saturated heterocycles. The maximum absolute atomic E-state index is 12.1.